The predicted octanol–water partition coefficient (Wildman–Crippen LogP) is 4.52. The monoisotopic (exact) mass is 347 g/mol. The number of methoxy groups -OCH3 is 1. The van der Waals surface area contributed by atoms with Gasteiger partial charge in [-0.25, -0.2) is 4.79 Å². The van der Waals surface area contributed by atoms with Crippen molar-refractivity contribution in [2.45, 2.75) is 0 Å². The van der Waals surface area contributed by atoms with Crippen LogP contribution in [0.5, 0.6) is 11.5 Å². The molecule has 0 radical (unpaired) electrons. The maximum Gasteiger partial charge on any atom is 0.337 e. The Balaban J connectivity index is 1.63. The van der Waals surface area contributed by atoms with E-state index in [-0.39, 0.29) is 5.91 Å². The molecule has 0 spiro atoms. The minimum Gasteiger partial charge on any atom is -0.465 e. The van der Waals surface area contributed by atoms with Crippen molar-refractivity contribution < 1.29 is 19.1 Å². The van der Waals surface area contributed by atoms with Crippen molar-refractivity contribution in [3.8, 4) is 11.5 Å². The third-order valence-corrected chi connectivity index (χ3v) is 3.66. The zero-order valence-corrected chi connectivity index (χ0v) is 14.1. The maximum absolute atomic E-state index is 12.3. The minimum absolute atomic E-state index is 0.266. The van der Waals surface area contributed by atoms with E-state index in [4.69, 9.17) is 4.74 Å². The van der Waals surface area contributed by atoms with E-state index in [0.717, 1.165) is 5.75 Å². The van der Waals surface area contributed by atoms with Crippen molar-refractivity contribution in [2.75, 3.05) is 12.4 Å². The Morgan fingerprint density at radius 3 is 1.92 bits per heavy atom. The fourth-order valence-electron chi connectivity index (χ4n) is 2.31. The lowest BCUT2D eigenvalue weighted by atomic mass is 10.1. The Kier molecular flexibility index (Phi) is 5.29. The third-order valence-electron chi connectivity index (χ3n) is 3.66. The first-order valence-electron chi connectivity index (χ1n) is 7.98. The molecule has 0 bridgehead atoms. The molecule has 0 heterocycles. The molecule has 1 N–H and O–H groups in total. The molecule has 3 aromatic carbocycles. The van der Waals surface area contributed by atoms with Gasteiger partial charge in [0.25, 0.3) is 5.91 Å². The quantitative estimate of drug-likeness (QED) is 0.689. The van der Waals surface area contributed by atoms with Crippen LogP contribution < -0.4 is 10.1 Å². The van der Waals surface area contributed by atoms with Gasteiger partial charge >= 0.3 is 5.97 Å². The summed E-state index contributed by atoms with van der Waals surface area (Å²) in [7, 11) is 1.31. The molecule has 0 saturated carbocycles. The van der Waals surface area contributed by atoms with Gasteiger partial charge in [-0.15, -0.1) is 0 Å². The number of anilines is 1. The van der Waals surface area contributed by atoms with Gasteiger partial charge in [0, 0.05) is 11.3 Å². The zero-order valence-electron chi connectivity index (χ0n) is 14.1. The topological polar surface area (TPSA) is 64.6 Å². The Labute approximate surface area is 151 Å². The number of ether oxygens (including phenoxy) is 2. The van der Waals surface area contributed by atoms with Gasteiger partial charge in [-0.3, -0.25) is 4.79 Å². The number of hydrogen-bond donors (Lipinski definition) is 1. The van der Waals surface area contributed by atoms with Gasteiger partial charge in [0.2, 0.25) is 0 Å². The number of rotatable bonds is 5. The molecule has 0 aliphatic carbocycles. The van der Waals surface area contributed by atoms with Crippen molar-refractivity contribution in [3.05, 3.63) is 90.0 Å². The van der Waals surface area contributed by atoms with Crippen LogP contribution in [-0.2, 0) is 4.74 Å². The summed E-state index contributed by atoms with van der Waals surface area (Å²) in [4.78, 5) is 23.7. The fourth-order valence-corrected chi connectivity index (χ4v) is 2.31. The molecule has 130 valence electrons. The van der Waals surface area contributed by atoms with Gasteiger partial charge in [-0.1, -0.05) is 18.2 Å². The summed E-state index contributed by atoms with van der Waals surface area (Å²) in [6, 6.07) is 22.8. The molecule has 0 aliphatic rings. The number of esters is 1. The average Bonchev–Trinajstić information content (AvgIpc) is 2.70. The number of nitrogens with one attached hydrogen (secondary N) is 1. The second kappa shape index (κ2) is 7.98. The lowest BCUT2D eigenvalue weighted by Gasteiger charge is -2.08. The van der Waals surface area contributed by atoms with E-state index >= 15 is 0 Å². The standard InChI is InChI=1S/C21H17NO4/c1-25-21(24)16-9-7-15(8-10-16)20(23)22-17-11-13-19(14-12-17)26-18-5-3-2-4-6-18/h2-14H,1H3,(H,22,23). The number of benzene rings is 3. The summed E-state index contributed by atoms with van der Waals surface area (Å²) in [5, 5.41) is 2.80. The van der Waals surface area contributed by atoms with Crippen LogP contribution in [0.25, 0.3) is 0 Å². The van der Waals surface area contributed by atoms with Crippen LogP contribution in [0.4, 0.5) is 5.69 Å². The SMILES string of the molecule is COC(=O)c1ccc(C(=O)Nc2ccc(Oc3ccccc3)cc2)cc1. The van der Waals surface area contributed by atoms with Crippen molar-refractivity contribution in [2.24, 2.45) is 0 Å². The van der Waals surface area contributed by atoms with Crippen LogP contribution in [0.3, 0.4) is 0 Å². The van der Waals surface area contributed by atoms with Crippen LogP contribution in [0, 0.1) is 0 Å². The Morgan fingerprint density at radius 2 is 1.31 bits per heavy atom. The summed E-state index contributed by atoms with van der Waals surface area (Å²) in [5.74, 6) is 0.718. The average molecular weight is 347 g/mol. The number of amides is 1. The smallest absolute Gasteiger partial charge is 0.337 e. The molecule has 0 fully saturated rings. The first kappa shape index (κ1) is 17.2. The van der Waals surface area contributed by atoms with Gasteiger partial charge in [0.05, 0.1) is 12.7 Å². The second-order valence-corrected chi connectivity index (χ2v) is 5.46. The molecule has 5 nitrogen and oxygen atoms in total. The van der Waals surface area contributed by atoms with E-state index in [1.54, 1.807) is 48.5 Å². The van der Waals surface area contributed by atoms with Crippen LogP contribution in [0.15, 0.2) is 78.9 Å². The van der Waals surface area contributed by atoms with Crippen LogP contribution in [0.2, 0.25) is 0 Å². The number of carbonyl (C=O) groups excluding carboxylic acids is 2. The molecule has 0 saturated heterocycles. The molecule has 0 aliphatic heterocycles. The van der Waals surface area contributed by atoms with Gasteiger partial charge in [-0.2, -0.15) is 0 Å². The lowest BCUT2D eigenvalue weighted by Crippen LogP contribution is -2.12. The highest BCUT2D eigenvalue weighted by atomic mass is 16.5. The molecule has 3 aromatic rings. The van der Waals surface area contributed by atoms with E-state index in [1.807, 2.05) is 30.3 Å². The first-order chi connectivity index (χ1) is 12.7. The number of para-hydroxylation sites is 1. The Bertz CT molecular complexity index is 888. The zero-order chi connectivity index (χ0) is 18.4. The van der Waals surface area contributed by atoms with Gasteiger partial charge < -0.3 is 14.8 Å². The molecule has 0 atom stereocenters. The summed E-state index contributed by atoms with van der Waals surface area (Å²) in [6.45, 7) is 0. The highest BCUT2D eigenvalue weighted by molar-refractivity contribution is 6.04. The minimum atomic E-state index is -0.439. The van der Waals surface area contributed by atoms with Crippen molar-refractivity contribution in [1.29, 1.82) is 0 Å². The van der Waals surface area contributed by atoms with Gasteiger partial charge in [0.1, 0.15) is 11.5 Å². The predicted molar refractivity (Wildman–Crippen MR) is 98.7 cm³/mol. The summed E-state index contributed by atoms with van der Waals surface area (Å²) in [5.41, 5.74) is 1.49. The molecule has 1 amide bonds. The molecule has 26 heavy (non-hydrogen) atoms. The van der Waals surface area contributed by atoms with E-state index in [1.165, 1.54) is 7.11 Å². The molecule has 5 heteroatoms. The van der Waals surface area contributed by atoms with E-state index in [2.05, 4.69) is 10.1 Å². The van der Waals surface area contributed by atoms with E-state index in [0.29, 0.717) is 22.6 Å². The summed E-state index contributed by atoms with van der Waals surface area (Å²) < 4.78 is 10.3. The maximum atomic E-state index is 12.3. The van der Waals surface area contributed by atoms with Crippen LogP contribution >= 0.6 is 0 Å². The normalized spacial score (nSPS) is 10.0. The molecule has 0 aromatic heterocycles. The van der Waals surface area contributed by atoms with Crippen molar-refractivity contribution >= 4 is 17.6 Å². The molecule has 3 rings (SSSR count). The van der Waals surface area contributed by atoms with E-state index < -0.39 is 5.97 Å². The highest BCUT2D eigenvalue weighted by Crippen LogP contribution is 2.22. The van der Waals surface area contributed by atoms with Crippen molar-refractivity contribution in [3.63, 3.8) is 0 Å². The fraction of sp³-hybridized carbons (Fsp3) is 0.0476. The van der Waals surface area contributed by atoms with Crippen molar-refractivity contribution in [1.82, 2.24) is 0 Å². The second-order valence-electron chi connectivity index (χ2n) is 5.46. The summed E-state index contributed by atoms with van der Waals surface area (Å²) in [6.07, 6.45) is 0. The summed E-state index contributed by atoms with van der Waals surface area (Å²) >= 11 is 0. The largest absolute Gasteiger partial charge is 0.465 e. The van der Waals surface area contributed by atoms with Gasteiger partial charge in [-0.05, 0) is 60.7 Å². The lowest BCUT2D eigenvalue weighted by molar-refractivity contribution is 0.0600. The third kappa shape index (κ3) is 4.27. The highest BCUT2D eigenvalue weighted by Gasteiger charge is 2.09. The number of carbonyl (C=O) groups is 2. The Hall–Kier alpha value is -3.60. The Morgan fingerprint density at radius 1 is 0.731 bits per heavy atom. The first-order valence-corrected chi connectivity index (χ1v) is 7.98. The van der Waals surface area contributed by atoms with Crippen LogP contribution in [0.1, 0.15) is 20.7 Å². The van der Waals surface area contributed by atoms with E-state index in [9.17, 15) is 9.59 Å². The molecule has 0 unspecified atom stereocenters. The molecular weight excluding hydrogens is 330 g/mol. The van der Waals surface area contributed by atoms with Crippen LogP contribution in [-0.4, -0.2) is 19.0 Å². The molecular formula is C21H17NO4. The van der Waals surface area contributed by atoms with Gasteiger partial charge in [0.15, 0.2) is 0 Å². The number of hydrogen-bond acceptors (Lipinski definition) is 4.